The van der Waals surface area contributed by atoms with Crippen LogP contribution in [0.2, 0.25) is 0 Å². The smallest absolute Gasteiger partial charge is 0.323 e. The molecule has 1 aromatic rings. The molecule has 0 bridgehead atoms. The van der Waals surface area contributed by atoms with Crippen LogP contribution in [0.4, 0.5) is 0 Å². The number of esters is 1. The Bertz CT molecular complexity index is 514. The minimum Gasteiger partial charge on any atom is -0.461 e. The highest BCUT2D eigenvalue weighted by atomic mass is 16.5. The van der Waals surface area contributed by atoms with Crippen LogP contribution in [0.5, 0.6) is 0 Å². The van der Waals surface area contributed by atoms with Gasteiger partial charge >= 0.3 is 5.97 Å². The molecular formula is C22H35NO2. The molecule has 1 fully saturated rings. The van der Waals surface area contributed by atoms with E-state index < -0.39 is 6.04 Å². The summed E-state index contributed by atoms with van der Waals surface area (Å²) in [7, 11) is 0. The number of benzene rings is 1. The first-order valence-corrected chi connectivity index (χ1v) is 9.97. The summed E-state index contributed by atoms with van der Waals surface area (Å²) in [6.07, 6.45) is 7.42. The van der Waals surface area contributed by atoms with Crippen LogP contribution in [0.15, 0.2) is 30.3 Å². The molecule has 140 valence electrons. The van der Waals surface area contributed by atoms with E-state index in [0.717, 1.165) is 32.1 Å². The number of ether oxygens (including phenoxy) is 1. The largest absolute Gasteiger partial charge is 0.461 e. The average molecular weight is 346 g/mol. The van der Waals surface area contributed by atoms with Gasteiger partial charge in [0, 0.05) is 0 Å². The lowest BCUT2D eigenvalue weighted by molar-refractivity contribution is -0.153. The van der Waals surface area contributed by atoms with Gasteiger partial charge in [0.25, 0.3) is 0 Å². The van der Waals surface area contributed by atoms with E-state index in [1.165, 1.54) is 18.4 Å². The Morgan fingerprint density at radius 3 is 2.56 bits per heavy atom. The molecule has 4 atom stereocenters. The molecule has 3 heteroatoms. The molecule has 0 unspecified atom stereocenters. The summed E-state index contributed by atoms with van der Waals surface area (Å²) >= 11 is 0. The third kappa shape index (κ3) is 6.47. The fourth-order valence-corrected chi connectivity index (χ4v) is 4.03. The van der Waals surface area contributed by atoms with Crippen molar-refractivity contribution in [2.24, 2.45) is 23.5 Å². The van der Waals surface area contributed by atoms with Crippen molar-refractivity contribution in [1.82, 2.24) is 0 Å². The quantitative estimate of drug-likeness (QED) is 0.758. The monoisotopic (exact) mass is 345 g/mol. The Kier molecular flexibility index (Phi) is 7.95. The van der Waals surface area contributed by atoms with E-state index in [4.69, 9.17) is 10.5 Å². The van der Waals surface area contributed by atoms with Crippen LogP contribution >= 0.6 is 0 Å². The Balaban J connectivity index is 2.10. The van der Waals surface area contributed by atoms with Gasteiger partial charge in [-0.05, 0) is 62.3 Å². The minimum absolute atomic E-state index is 0.0578. The Morgan fingerprint density at radius 2 is 1.88 bits per heavy atom. The van der Waals surface area contributed by atoms with Crippen molar-refractivity contribution in [3.63, 3.8) is 0 Å². The molecule has 1 heterocycles. The number of rotatable bonds is 6. The second-order valence-corrected chi connectivity index (χ2v) is 8.10. The maximum atomic E-state index is 12.2. The molecule has 1 aromatic carbocycles. The molecule has 0 saturated carbocycles. The maximum absolute atomic E-state index is 12.2. The van der Waals surface area contributed by atoms with Crippen molar-refractivity contribution in [2.45, 2.75) is 77.9 Å². The Hall–Kier alpha value is -1.35. The molecule has 3 nitrogen and oxygen atoms in total. The Labute approximate surface area is 153 Å². The zero-order valence-corrected chi connectivity index (χ0v) is 16.1. The van der Waals surface area contributed by atoms with Gasteiger partial charge < -0.3 is 10.5 Å². The van der Waals surface area contributed by atoms with Crippen LogP contribution in [0, 0.1) is 17.8 Å². The number of aryl methyl sites for hydroxylation is 1. The summed E-state index contributed by atoms with van der Waals surface area (Å²) in [6, 6.07) is 10.2. The number of hydrogen-bond acceptors (Lipinski definition) is 3. The van der Waals surface area contributed by atoms with Crippen LogP contribution in [0.1, 0.15) is 64.9 Å². The minimum atomic E-state index is -0.457. The molecule has 0 radical (unpaired) electrons. The van der Waals surface area contributed by atoms with Gasteiger partial charge in [-0.3, -0.25) is 4.79 Å². The van der Waals surface area contributed by atoms with Crippen LogP contribution < -0.4 is 5.73 Å². The summed E-state index contributed by atoms with van der Waals surface area (Å²) in [4.78, 5) is 12.2. The van der Waals surface area contributed by atoms with Crippen molar-refractivity contribution < 1.29 is 9.53 Å². The zero-order valence-electron chi connectivity index (χ0n) is 16.1. The Morgan fingerprint density at radius 1 is 1.16 bits per heavy atom. The summed E-state index contributed by atoms with van der Waals surface area (Å²) < 4.78 is 5.76. The first-order valence-electron chi connectivity index (χ1n) is 9.97. The van der Waals surface area contributed by atoms with Gasteiger partial charge in [-0.25, -0.2) is 0 Å². The zero-order chi connectivity index (χ0) is 18.2. The van der Waals surface area contributed by atoms with Crippen molar-refractivity contribution >= 4 is 5.97 Å². The first-order chi connectivity index (χ1) is 12.0. The van der Waals surface area contributed by atoms with Gasteiger partial charge in [0.05, 0.1) is 0 Å². The fourth-order valence-electron chi connectivity index (χ4n) is 4.03. The van der Waals surface area contributed by atoms with E-state index in [-0.39, 0.29) is 12.1 Å². The lowest BCUT2D eigenvalue weighted by Gasteiger charge is -2.32. The maximum Gasteiger partial charge on any atom is 0.323 e. The van der Waals surface area contributed by atoms with E-state index in [9.17, 15) is 4.79 Å². The first kappa shape index (κ1) is 20.0. The number of hydrogen-bond donors (Lipinski definition) is 1. The van der Waals surface area contributed by atoms with Crippen LogP contribution in [-0.2, 0) is 16.0 Å². The van der Waals surface area contributed by atoms with Crippen molar-refractivity contribution in [3.05, 3.63) is 35.9 Å². The normalized spacial score (nSPS) is 28.1. The van der Waals surface area contributed by atoms with Gasteiger partial charge in [0.1, 0.15) is 12.1 Å². The van der Waals surface area contributed by atoms with Crippen molar-refractivity contribution in [1.29, 1.82) is 0 Å². The highest BCUT2D eigenvalue weighted by Crippen LogP contribution is 2.34. The highest BCUT2D eigenvalue weighted by molar-refractivity contribution is 5.75. The summed E-state index contributed by atoms with van der Waals surface area (Å²) in [5, 5.41) is 0. The van der Waals surface area contributed by atoms with Crippen LogP contribution in [0.3, 0.4) is 0 Å². The fraction of sp³-hybridized carbons (Fsp3) is 0.682. The van der Waals surface area contributed by atoms with Gasteiger partial charge in [0.2, 0.25) is 0 Å². The van der Waals surface area contributed by atoms with E-state index >= 15 is 0 Å². The third-order valence-corrected chi connectivity index (χ3v) is 5.63. The van der Waals surface area contributed by atoms with Gasteiger partial charge in [0.15, 0.2) is 0 Å². The SMILES string of the molecule is CC(C)CC[C@H]1CCC[C@H](N)C(=O)O[C@@H](C)[C@@H]1CCc1ccccc1. The number of nitrogens with two attached hydrogens (primary N) is 1. The van der Waals surface area contributed by atoms with Gasteiger partial charge in [-0.15, -0.1) is 0 Å². The standard InChI is InChI=1S/C22H35NO2/c1-16(2)12-14-19-10-7-11-21(23)22(24)25-17(3)20(19)15-13-18-8-5-4-6-9-18/h4-6,8-9,16-17,19-21H,7,10-15,23H2,1-3H3/t17-,19+,20-,21-/m0/s1. The summed E-state index contributed by atoms with van der Waals surface area (Å²) in [5.74, 6) is 1.51. The molecule has 1 aliphatic heterocycles. The topological polar surface area (TPSA) is 52.3 Å². The molecule has 1 aliphatic rings. The van der Waals surface area contributed by atoms with Gasteiger partial charge in [-0.2, -0.15) is 0 Å². The van der Waals surface area contributed by atoms with Crippen LogP contribution in [0.25, 0.3) is 0 Å². The second kappa shape index (κ2) is 9.96. The second-order valence-electron chi connectivity index (χ2n) is 8.10. The lowest BCUT2D eigenvalue weighted by atomic mass is 9.77. The highest BCUT2D eigenvalue weighted by Gasteiger charge is 2.32. The van der Waals surface area contributed by atoms with E-state index in [2.05, 4.69) is 51.1 Å². The molecule has 1 saturated heterocycles. The molecular weight excluding hydrogens is 310 g/mol. The molecule has 2 rings (SSSR count). The molecule has 0 amide bonds. The number of cyclic esters (lactones) is 1. The average Bonchev–Trinajstić information content (AvgIpc) is 2.63. The van der Waals surface area contributed by atoms with E-state index in [1.807, 2.05) is 0 Å². The predicted octanol–water partition coefficient (Wildman–Crippen LogP) is 4.73. The molecule has 0 spiro atoms. The van der Waals surface area contributed by atoms with E-state index in [0.29, 0.717) is 17.8 Å². The third-order valence-electron chi connectivity index (χ3n) is 5.63. The van der Waals surface area contributed by atoms with Crippen LogP contribution in [-0.4, -0.2) is 18.1 Å². The predicted molar refractivity (Wildman–Crippen MR) is 103 cm³/mol. The van der Waals surface area contributed by atoms with Gasteiger partial charge in [-0.1, -0.05) is 57.0 Å². The molecule has 0 aromatic heterocycles. The summed E-state index contributed by atoms with van der Waals surface area (Å²) in [5.41, 5.74) is 7.34. The molecule has 0 aliphatic carbocycles. The number of carbonyl (C=O) groups excluding carboxylic acids is 1. The molecule has 2 N–H and O–H groups in total. The molecule has 25 heavy (non-hydrogen) atoms. The van der Waals surface area contributed by atoms with E-state index in [1.54, 1.807) is 0 Å². The lowest BCUT2D eigenvalue weighted by Crippen LogP contribution is -2.36. The van der Waals surface area contributed by atoms with Crippen molar-refractivity contribution in [3.8, 4) is 0 Å². The van der Waals surface area contributed by atoms with Crippen molar-refractivity contribution in [2.75, 3.05) is 0 Å². The number of carbonyl (C=O) groups is 1. The summed E-state index contributed by atoms with van der Waals surface area (Å²) in [6.45, 7) is 6.63.